The highest BCUT2D eigenvalue weighted by Crippen LogP contribution is 2.26. The van der Waals surface area contributed by atoms with Crippen LogP contribution in [-0.2, 0) is 6.42 Å². The SMILES string of the molecule is COc1ccc(C(=O)Oc2ccc3c(Cc4ccc(Cl)cc4)noc3c2)cc1. The molecule has 28 heavy (non-hydrogen) atoms. The van der Waals surface area contributed by atoms with Gasteiger partial charge in [-0.25, -0.2) is 4.79 Å². The van der Waals surface area contributed by atoms with Crippen LogP contribution in [0.5, 0.6) is 11.5 Å². The van der Waals surface area contributed by atoms with Crippen LogP contribution < -0.4 is 9.47 Å². The van der Waals surface area contributed by atoms with Gasteiger partial charge < -0.3 is 14.0 Å². The maximum Gasteiger partial charge on any atom is 0.343 e. The Bertz CT molecular complexity index is 1120. The number of methoxy groups -OCH3 is 1. The average Bonchev–Trinajstić information content (AvgIpc) is 3.11. The van der Waals surface area contributed by atoms with Gasteiger partial charge in [-0.1, -0.05) is 28.9 Å². The Morgan fingerprint density at radius 2 is 1.71 bits per heavy atom. The first-order valence-electron chi connectivity index (χ1n) is 8.61. The maximum absolute atomic E-state index is 12.3. The molecular weight excluding hydrogens is 378 g/mol. The minimum absolute atomic E-state index is 0.391. The van der Waals surface area contributed by atoms with E-state index < -0.39 is 5.97 Å². The number of carbonyl (C=O) groups is 1. The molecule has 6 heteroatoms. The van der Waals surface area contributed by atoms with Gasteiger partial charge in [-0.2, -0.15) is 0 Å². The van der Waals surface area contributed by atoms with Crippen LogP contribution in [0.3, 0.4) is 0 Å². The summed E-state index contributed by atoms with van der Waals surface area (Å²) in [6.07, 6.45) is 0.620. The van der Waals surface area contributed by atoms with Gasteiger partial charge in [0.05, 0.1) is 18.4 Å². The van der Waals surface area contributed by atoms with Gasteiger partial charge in [0.1, 0.15) is 11.5 Å². The predicted molar refractivity (Wildman–Crippen MR) is 106 cm³/mol. The van der Waals surface area contributed by atoms with Gasteiger partial charge in [0, 0.05) is 22.9 Å². The average molecular weight is 394 g/mol. The molecule has 0 radical (unpaired) electrons. The molecule has 0 atom stereocenters. The van der Waals surface area contributed by atoms with Gasteiger partial charge in [0.25, 0.3) is 0 Å². The quantitative estimate of drug-likeness (QED) is 0.340. The summed E-state index contributed by atoms with van der Waals surface area (Å²) >= 11 is 5.93. The second kappa shape index (κ2) is 7.74. The van der Waals surface area contributed by atoms with Crippen LogP contribution in [0.1, 0.15) is 21.6 Å². The van der Waals surface area contributed by atoms with Crippen molar-refractivity contribution in [3.8, 4) is 11.5 Å². The third-order valence-corrected chi connectivity index (χ3v) is 4.59. The first-order valence-corrected chi connectivity index (χ1v) is 8.99. The largest absolute Gasteiger partial charge is 0.497 e. The molecular formula is C22H16ClNO4. The number of ether oxygens (including phenoxy) is 2. The number of halogens is 1. The summed E-state index contributed by atoms with van der Waals surface area (Å²) in [7, 11) is 1.57. The third-order valence-electron chi connectivity index (χ3n) is 4.34. The summed E-state index contributed by atoms with van der Waals surface area (Å²) < 4.78 is 15.9. The Labute approximate surface area is 166 Å². The minimum atomic E-state index is -0.456. The number of fused-ring (bicyclic) bond motifs is 1. The summed E-state index contributed by atoms with van der Waals surface area (Å²) in [5.74, 6) is 0.610. The van der Waals surface area contributed by atoms with E-state index in [9.17, 15) is 4.79 Å². The molecule has 0 amide bonds. The highest BCUT2D eigenvalue weighted by molar-refractivity contribution is 6.30. The van der Waals surface area contributed by atoms with Crippen molar-refractivity contribution in [2.45, 2.75) is 6.42 Å². The summed E-state index contributed by atoms with van der Waals surface area (Å²) in [4.78, 5) is 12.3. The van der Waals surface area contributed by atoms with Crippen LogP contribution >= 0.6 is 11.6 Å². The van der Waals surface area contributed by atoms with Gasteiger partial charge in [-0.15, -0.1) is 0 Å². The number of aromatic nitrogens is 1. The zero-order valence-electron chi connectivity index (χ0n) is 15.0. The summed E-state index contributed by atoms with van der Waals surface area (Å²) in [6.45, 7) is 0. The van der Waals surface area contributed by atoms with Gasteiger partial charge in [0.15, 0.2) is 5.58 Å². The monoisotopic (exact) mass is 393 g/mol. The van der Waals surface area contributed by atoms with E-state index in [1.165, 1.54) is 0 Å². The Balaban J connectivity index is 1.51. The van der Waals surface area contributed by atoms with E-state index in [1.54, 1.807) is 43.5 Å². The van der Waals surface area contributed by atoms with Crippen molar-refractivity contribution in [1.29, 1.82) is 0 Å². The number of hydrogen-bond acceptors (Lipinski definition) is 5. The second-order valence-electron chi connectivity index (χ2n) is 6.21. The van der Waals surface area contributed by atoms with Crippen molar-refractivity contribution in [3.63, 3.8) is 0 Å². The molecule has 0 saturated carbocycles. The molecule has 0 aliphatic heterocycles. The molecule has 1 aromatic heterocycles. The van der Waals surface area contributed by atoms with E-state index in [4.69, 9.17) is 25.6 Å². The maximum atomic E-state index is 12.3. The molecule has 0 aliphatic carbocycles. The molecule has 140 valence electrons. The van der Waals surface area contributed by atoms with Crippen LogP contribution in [0.4, 0.5) is 0 Å². The lowest BCUT2D eigenvalue weighted by Gasteiger charge is -2.05. The molecule has 0 fully saturated rings. The normalized spacial score (nSPS) is 10.8. The van der Waals surface area contributed by atoms with Crippen molar-refractivity contribution in [1.82, 2.24) is 5.16 Å². The van der Waals surface area contributed by atoms with Gasteiger partial charge in [-0.3, -0.25) is 0 Å². The van der Waals surface area contributed by atoms with E-state index in [1.807, 2.05) is 30.3 Å². The van der Waals surface area contributed by atoms with Gasteiger partial charge in [0.2, 0.25) is 0 Å². The molecule has 0 bridgehead atoms. The van der Waals surface area contributed by atoms with Crippen LogP contribution in [0, 0.1) is 0 Å². The van der Waals surface area contributed by atoms with Crippen LogP contribution in [0.2, 0.25) is 5.02 Å². The second-order valence-corrected chi connectivity index (χ2v) is 6.64. The Kier molecular flexibility index (Phi) is 5.00. The highest BCUT2D eigenvalue weighted by atomic mass is 35.5. The smallest absolute Gasteiger partial charge is 0.343 e. The standard InChI is InChI=1S/C22H16ClNO4/c1-26-17-8-4-15(5-9-17)22(25)27-18-10-11-19-20(24-28-21(19)13-18)12-14-2-6-16(23)7-3-14/h2-11,13H,12H2,1H3. The molecule has 0 N–H and O–H groups in total. The molecule has 3 aromatic carbocycles. The summed E-state index contributed by atoms with van der Waals surface area (Å²) in [5, 5.41) is 5.71. The first-order chi connectivity index (χ1) is 13.6. The first kappa shape index (κ1) is 18.1. The van der Waals surface area contributed by atoms with E-state index in [-0.39, 0.29) is 0 Å². The molecule has 0 aliphatic rings. The molecule has 0 saturated heterocycles. The van der Waals surface area contributed by atoms with Gasteiger partial charge >= 0.3 is 5.97 Å². The van der Waals surface area contributed by atoms with E-state index >= 15 is 0 Å². The fourth-order valence-corrected chi connectivity index (χ4v) is 2.98. The van der Waals surface area contributed by atoms with Crippen LogP contribution in [0.25, 0.3) is 11.0 Å². The summed E-state index contributed by atoms with van der Waals surface area (Å²) in [6, 6.07) is 19.5. The Morgan fingerprint density at radius 3 is 2.43 bits per heavy atom. The number of carbonyl (C=O) groups excluding carboxylic acids is 1. The zero-order chi connectivity index (χ0) is 19.5. The van der Waals surface area contributed by atoms with Crippen molar-refractivity contribution in [3.05, 3.63) is 88.6 Å². The number of nitrogens with zero attached hydrogens (tertiary/aromatic N) is 1. The fraction of sp³-hybridized carbons (Fsp3) is 0.0909. The van der Waals surface area contributed by atoms with E-state index in [0.29, 0.717) is 34.1 Å². The van der Waals surface area contributed by atoms with Crippen molar-refractivity contribution >= 4 is 28.5 Å². The number of rotatable bonds is 5. The predicted octanol–water partition coefficient (Wildman–Crippen LogP) is 5.30. The minimum Gasteiger partial charge on any atom is -0.497 e. The summed E-state index contributed by atoms with van der Waals surface area (Å²) in [5.41, 5.74) is 2.88. The van der Waals surface area contributed by atoms with E-state index in [2.05, 4.69) is 5.16 Å². The zero-order valence-corrected chi connectivity index (χ0v) is 15.8. The molecule has 0 spiro atoms. The van der Waals surface area contributed by atoms with Crippen LogP contribution in [-0.4, -0.2) is 18.2 Å². The number of hydrogen-bond donors (Lipinski definition) is 0. The van der Waals surface area contributed by atoms with E-state index in [0.717, 1.165) is 16.6 Å². The van der Waals surface area contributed by atoms with Crippen molar-refractivity contribution in [2.75, 3.05) is 7.11 Å². The lowest BCUT2D eigenvalue weighted by molar-refractivity contribution is 0.0735. The van der Waals surface area contributed by atoms with Crippen molar-refractivity contribution < 1.29 is 18.8 Å². The molecule has 5 nitrogen and oxygen atoms in total. The Morgan fingerprint density at radius 1 is 1.00 bits per heavy atom. The molecule has 0 unspecified atom stereocenters. The lowest BCUT2D eigenvalue weighted by atomic mass is 10.1. The third kappa shape index (κ3) is 3.85. The fourth-order valence-electron chi connectivity index (χ4n) is 2.85. The number of esters is 1. The molecule has 4 aromatic rings. The highest BCUT2D eigenvalue weighted by Gasteiger charge is 2.13. The number of benzene rings is 3. The lowest BCUT2D eigenvalue weighted by Crippen LogP contribution is -2.08. The van der Waals surface area contributed by atoms with Gasteiger partial charge in [-0.05, 0) is 54.1 Å². The Hall–Kier alpha value is -3.31. The molecule has 1 heterocycles. The topological polar surface area (TPSA) is 61.6 Å². The molecule has 4 rings (SSSR count). The van der Waals surface area contributed by atoms with Crippen molar-refractivity contribution in [2.24, 2.45) is 0 Å². The van der Waals surface area contributed by atoms with Crippen LogP contribution in [0.15, 0.2) is 71.3 Å².